The summed E-state index contributed by atoms with van der Waals surface area (Å²) < 4.78 is 44.3. The molecule has 2 fully saturated rings. The molecule has 1 saturated carbocycles. The minimum absolute atomic E-state index is 0.0138. The van der Waals surface area contributed by atoms with Gasteiger partial charge in [0.2, 0.25) is 10.0 Å². The summed E-state index contributed by atoms with van der Waals surface area (Å²) in [7, 11) is -2.58. The van der Waals surface area contributed by atoms with Gasteiger partial charge < -0.3 is 14.2 Å². The molecule has 1 aromatic carbocycles. The van der Waals surface area contributed by atoms with Gasteiger partial charge in [-0.2, -0.15) is 4.31 Å². The van der Waals surface area contributed by atoms with Crippen molar-refractivity contribution in [2.45, 2.75) is 36.7 Å². The first-order chi connectivity index (χ1) is 14.5. The van der Waals surface area contributed by atoms with Crippen molar-refractivity contribution >= 4 is 27.3 Å². The average Bonchev–Trinajstić information content (AvgIpc) is 3.22. The fraction of sp³-hybridized carbons (Fsp3) is 0.476. The number of nitrogens with zero attached hydrogens (tertiary/aromatic N) is 1. The first-order valence-corrected chi connectivity index (χ1v) is 12.3. The number of thiophene rings is 1. The molecule has 30 heavy (non-hydrogen) atoms. The van der Waals surface area contributed by atoms with Gasteiger partial charge in [0.25, 0.3) is 0 Å². The predicted octanol–water partition coefficient (Wildman–Crippen LogP) is 3.30. The number of hydrogen-bond donors (Lipinski definition) is 0. The monoisotopic (exact) mass is 451 g/mol. The zero-order valence-electron chi connectivity index (χ0n) is 16.8. The number of benzene rings is 1. The highest BCUT2D eigenvalue weighted by Crippen LogP contribution is 2.36. The van der Waals surface area contributed by atoms with E-state index in [9.17, 15) is 13.2 Å². The molecule has 0 bridgehead atoms. The smallest absolute Gasteiger partial charge is 0.349 e. The summed E-state index contributed by atoms with van der Waals surface area (Å²) in [5.41, 5.74) is 0.848. The van der Waals surface area contributed by atoms with Crippen LogP contribution in [-0.2, 0) is 26.0 Å². The number of ether oxygens (including phenoxy) is 3. The Kier molecular flexibility index (Phi) is 6.43. The molecule has 0 radical (unpaired) electrons. The lowest BCUT2D eigenvalue weighted by Gasteiger charge is -2.22. The van der Waals surface area contributed by atoms with Crippen LogP contribution in [0.25, 0.3) is 0 Å². The SMILES string of the molecule is COC(=O)c1sccc1S(=O)(=O)N(Cc1cccc(OC[C@@H]2CCOC2)c1)C1CC1. The Morgan fingerprint density at radius 2 is 2.10 bits per heavy atom. The molecule has 4 rings (SSSR count). The van der Waals surface area contributed by atoms with Crippen LogP contribution in [0.2, 0.25) is 0 Å². The number of sulfonamides is 1. The van der Waals surface area contributed by atoms with Crippen LogP contribution in [0.15, 0.2) is 40.6 Å². The Morgan fingerprint density at radius 1 is 1.27 bits per heavy atom. The second-order valence-corrected chi connectivity index (χ2v) is 10.4. The van der Waals surface area contributed by atoms with Gasteiger partial charge in [0.1, 0.15) is 15.5 Å². The molecule has 1 saturated heterocycles. The lowest BCUT2D eigenvalue weighted by molar-refractivity contribution is 0.0602. The fourth-order valence-electron chi connectivity index (χ4n) is 3.48. The molecule has 1 aromatic heterocycles. The summed E-state index contributed by atoms with van der Waals surface area (Å²) in [6, 6.07) is 8.95. The van der Waals surface area contributed by atoms with Crippen molar-refractivity contribution in [2.24, 2.45) is 5.92 Å². The number of rotatable bonds is 9. The maximum Gasteiger partial charge on any atom is 0.349 e. The van der Waals surface area contributed by atoms with Gasteiger partial charge in [-0.25, -0.2) is 13.2 Å². The Balaban J connectivity index is 1.52. The Bertz CT molecular complexity index is 992. The quantitative estimate of drug-likeness (QED) is 0.544. The molecule has 2 aliphatic rings. The van der Waals surface area contributed by atoms with Crippen molar-refractivity contribution < 1.29 is 27.4 Å². The molecule has 0 N–H and O–H groups in total. The van der Waals surface area contributed by atoms with E-state index in [0.717, 1.165) is 55.1 Å². The zero-order valence-corrected chi connectivity index (χ0v) is 18.4. The Morgan fingerprint density at radius 3 is 2.80 bits per heavy atom. The van der Waals surface area contributed by atoms with E-state index in [2.05, 4.69) is 0 Å². The van der Waals surface area contributed by atoms with Crippen LogP contribution in [0.5, 0.6) is 5.75 Å². The summed E-state index contributed by atoms with van der Waals surface area (Å²) in [6.07, 6.45) is 2.63. The number of esters is 1. The van der Waals surface area contributed by atoms with E-state index in [-0.39, 0.29) is 22.4 Å². The van der Waals surface area contributed by atoms with Crippen LogP contribution in [0, 0.1) is 5.92 Å². The van der Waals surface area contributed by atoms with Gasteiger partial charge in [0.15, 0.2) is 0 Å². The fourth-order valence-corrected chi connectivity index (χ4v) is 6.47. The summed E-state index contributed by atoms with van der Waals surface area (Å²) in [5.74, 6) is 0.483. The van der Waals surface area contributed by atoms with Gasteiger partial charge in [-0.1, -0.05) is 12.1 Å². The van der Waals surface area contributed by atoms with Crippen LogP contribution in [0.3, 0.4) is 0 Å². The highest BCUT2D eigenvalue weighted by Gasteiger charge is 2.40. The molecular formula is C21H25NO6S2. The molecule has 2 heterocycles. The molecule has 1 aliphatic carbocycles. The van der Waals surface area contributed by atoms with Crippen LogP contribution in [-0.4, -0.2) is 51.7 Å². The number of hydrogen-bond acceptors (Lipinski definition) is 7. The molecule has 162 valence electrons. The first-order valence-electron chi connectivity index (χ1n) is 9.96. The van der Waals surface area contributed by atoms with E-state index in [1.165, 1.54) is 17.5 Å². The highest BCUT2D eigenvalue weighted by atomic mass is 32.2. The molecule has 0 unspecified atom stereocenters. The Labute approximate surface area is 180 Å². The Hall–Kier alpha value is -1.94. The van der Waals surface area contributed by atoms with E-state index in [1.54, 1.807) is 5.38 Å². The van der Waals surface area contributed by atoms with E-state index < -0.39 is 16.0 Å². The summed E-state index contributed by atoms with van der Waals surface area (Å²) in [4.78, 5) is 12.1. The minimum Gasteiger partial charge on any atom is -0.493 e. The van der Waals surface area contributed by atoms with Crippen molar-refractivity contribution in [3.63, 3.8) is 0 Å². The number of methoxy groups -OCH3 is 1. The molecule has 1 atom stereocenters. The van der Waals surface area contributed by atoms with Crippen molar-refractivity contribution in [1.82, 2.24) is 4.31 Å². The lowest BCUT2D eigenvalue weighted by Crippen LogP contribution is -2.33. The third-order valence-electron chi connectivity index (χ3n) is 5.29. The van der Waals surface area contributed by atoms with Crippen LogP contribution in [0.4, 0.5) is 0 Å². The summed E-state index contributed by atoms with van der Waals surface area (Å²) in [5, 5.41) is 1.60. The molecule has 0 amide bonds. The largest absolute Gasteiger partial charge is 0.493 e. The van der Waals surface area contributed by atoms with Gasteiger partial charge in [-0.3, -0.25) is 0 Å². The zero-order chi connectivity index (χ0) is 21.1. The van der Waals surface area contributed by atoms with Gasteiger partial charge in [0, 0.05) is 25.1 Å². The second-order valence-electron chi connectivity index (χ2n) is 7.58. The van der Waals surface area contributed by atoms with E-state index >= 15 is 0 Å². The normalized spacial score (nSPS) is 19.2. The van der Waals surface area contributed by atoms with Gasteiger partial charge in [-0.05, 0) is 48.4 Å². The maximum atomic E-state index is 13.4. The van der Waals surface area contributed by atoms with Crippen molar-refractivity contribution in [3.05, 3.63) is 46.2 Å². The van der Waals surface area contributed by atoms with Gasteiger partial charge in [0.05, 0.1) is 20.3 Å². The minimum atomic E-state index is -3.83. The van der Waals surface area contributed by atoms with Crippen molar-refractivity contribution in [1.29, 1.82) is 0 Å². The molecule has 0 spiro atoms. The van der Waals surface area contributed by atoms with E-state index in [1.807, 2.05) is 24.3 Å². The third-order valence-corrected chi connectivity index (χ3v) is 8.25. The van der Waals surface area contributed by atoms with Crippen LogP contribution in [0.1, 0.15) is 34.5 Å². The van der Waals surface area contributed by atoms with Gasteiger partial charge in [-0.15, -0.1) is 11.3 Å². The highest BCUT2D eigenvalue weighted by molar-refractivity contribution is 7.89. The lowest BCUT2D eigenvalue weighted by atomic mass is 10.1. The van der Waals surface area contributed by atoms with Crippen LogP contribution >= 0.6 is 11.3 Å². The summed E-state index contributed by atoms with van der Waals surface area (Å²) >= 11 is 1.08. The van der Waals surface area contributed by atoms with E-state index in [4.69, 9.17) is 14.2 Å². The second kappa shape index (κ2) is 9.05. The third kappa shape index (κ3) is 4.69. The number of carbonyl (C=O) groups is 1. The standard InChI is InChI=1S/C21H25NO6S2/c1-26-21(23)20-19(8-10-29-20)30(24,25)22(17-5-6-17)12-15-3-2-4-18(11-15)28-14-16-7-9-27-13-16/h2-4,8,10-11,16-17H,5-7,9,12-14H2,1H3/t16-/m1/s1. The average molecular weight is 452 g/mol. The molecule has 1 aliphatic heterocycles. The van der Waals surface area contributed by atoms with E-state index in [0.29, 0.717) is 12.5 Å². The molecule has 9 heteroatoms. The maximum absolute atomic E-state index is 13.4. The van der Waals surface area contributed by atoms with Crippen molar-refractivity contribution in [2.75, 3.05) is 26.9 Å². The van der Waals surface area contributed by atoms with Crippen molar-refractivity contribution in [3.8, 4) is 5.75 Å². The number of carbonyl (C=O) groups excluding carboxylic acids is 1. The molecule has 2 aromatic rings. The topological polar surface area (TPSA) is 82.1 Å². The molecular weight excluding hydrogens is 426 g/mol. The predicted molar refractivity (Wildman–Crippen MR) is 112 cm³/mol. The van der Waals surface area contributed by atoms with Gasteiger partial charge >= 0.3 is 5.97 Å². The first kappa shape index (κ1) is 21.3. The molecule has 7 nitrogen and oxygen atoms in total. The summed E-state index contributed by atoms with van der Waals surface area (Å²) in [6.45, 7) is 2.31. The van der Waals surface area contributed by atoms with Crippen LogP contribution < -0.4 is 4.74 Å².